The summed E-state index contributed by atoms with van der Waals surface area (Å²) in [5.74, 6) is 0. The number of halogens is 3. The molecule has 0 saturated carbocycles. The van der Waals surface area contributed by atoms with Gasteiger partial charge in [-0.05, 0) is 17.7 Å². The van der Waals surface area contributed by atoms with Gasteiger partial charge in [0.1, 0.15) is 0 Å². The molecule has 0 spiro atoms. The molecule has 1 aromatic carbocycles. The molecule has 0 unspecified atom stereocenters. The highest BCUT2D eigenvalue weighted by Crippen LogP contribution is 2.24. The number of anilines is 1. The third-order valence-electron chi connectivity index (χ3n) is 2.04. The number of hydrogen-bond donors (Lipinski definition) is 0. The fraction of sp³-hybridized carbons (Fsp3) is 0.300. The van der Waals surface area contributed by atoms with E-state index in [4.69, 9.17) is 0 Å². The highest BCUT2D eigenvalue weighted by atomic mass is 32.2. The second-order valence-electron chi connectivity index (χ2n) is 3.64. The number of alkyl halides is 3. The van der Waals surface area contributed by atoms with Gasteiger partial charge in [0, 0.05) is 26.0 Å². The van der Waals surface area contributed by atoms with Crippen molar-refractivity contribution in [1.29, 1.82) is 0 Å². The van der Waals surface area contributed by atoms with E-state index in [2.05, 4.69) is 4.40 Å². The molecule has 0 atom stereocenters. The highest BCUT2D eigenvalue weighted by molar-refractivity contribution is 7.91. The van der Waals surface area contributed by atoms with E-state index in [1.165, 1.54) is 12.1 Å². The summed E-state index contributed by atoms with van der Waals surface area (Å²) in [4.78, 5) is 1.80. The van der Waals surface area contributed by atoms with Crippen LogP contribution in [0.1, 0.15) is 5.56 Å². The molecule has 0 saturated heterocycles. The third kappa shape index (κ3) is 3.46. The Labute approximate surface area is 103 Å². The molecule has 100 valence electrons. The first-order chi connectivity index (χ1) is 8.13. The van der Waals surface area contributed by atoms with Gasteiger partial charge in [-0.1, -0.05) is 12.1 Å². The van der Waals surface area contributed by atoms with Crippen molar-refractivity contribution in [1.82, 2.24) is 0 Å². The lowest BCUT2D eigenvalue weighted by atomic mass is 10.2. The van der Waals surface area contributed by atoms with Crippen LogP contribution in [0.25, 0.3) is 0 Å². The van der Waals surface area contributed by atoms with Gasteiger partial charge in [0.2, 0.25) is 0 Å². The zero-order valence-corrected chi connectivity index (χ0v) is 10.5. The smallest absolute Gasteiger partial charge is 0.378 e. The van der Waals surface area contributed by atoms with Crippen molar-refractivity contribution >= 4 is 21.9 Å². The van der Waals surface area contributed by atoms with E-state index in [9.17, 15) is 21.6 Å². The predicted octanol–water partition coefficient (Wildman–Crippen LogP) is 2.02. The normalized spacial score (nSPS) is 12.9. The van der Waals surface area contributed by atoms with Gasteiger partial charge in [0.25, 0.3) is 0 Å². The van der Waals surface area contributed by atoms with Crippen LogP contribution in [0.2, 0.25) is 0 Å². The standard InChI is InChI=1S/C10H11F3N2O2S/c1-15(2)9-5-3-8(4-6-9)7-14-18(16,17)10(11,12)13/h3-7H,1-2H3/b14-7-. The molecule has 0 amide bonds. The molecule has 8 heteroatoms. The molecule has 4 nitrogen and oxygen atoms in total. The second kappa shape index (κ2) is 4.97. The number of nitrogens with zero attached hydrogens (tertiary/aromatic N) is 2. The van der Waals surface area contributed by atoms with Crippen LogP contribution in [0, 0.1) is 0 Å². The number of hydrogen-bond acceptors (Lipinski definition) is 3. The Morgan fingerprint density at radius 2 is 1.67 bits per heavy atom. The van der Waals surface area contributed by atoms with Crippen LogP contribution in [0.3, 0.4) is 0 Å². The number of rotatable bonds is 3. The number of sulfonamides is 1. The van der Waals surface area contributed by atoms with Gasteiger partial charge < -0.3 is 4.90 Å². The fourth-order valence-electron chi connectivity index (χ4n) is 1.05. The third-order valence-corrected chi connectivity index (χ3v) is 3.01. The summed E-state index contributed by atoms with van der Waals surface area (Å²) in [6.07, 6.45) is 0.669. The van der Waals surface area contributed by atoms with E-state index in [1.807, 2.05) is 0 Å². The Hall–Kier alpha value is -1.57. The Balaban J connectivity index is 2.93. The van der Waals surface area contributed by atoms with Gasteiger partial charge >= 0.3 is 15.5 Å². The Morgan fingerprint density at radius 1 is 1.17 bits per heavy atom. The van der Waals surface area contributed by atoms with Gasteiger partial charge in [-0.25, -0.2) is 0 Å². The summed E-state index contributed by atoms with van der Waals surface area (Å²) in [7, 11) is -1.86. The minimum atomic E-state index is -5.46. The topological polar surface area (TPSA) is 49.7 Å². The minimum absolute atomic E-state index is 0.272. The van der Waals surface area contributed by atoms with E-state index in [-0.39, 0.29) is 5.56 Å². The van der Waals surface area contributed by atoms with Crippen LogP contribution in [0.15, 0.2) is 28.7 Å². The van der Waals surface area contributed by atoms with Crippen LogP contribution in [0.4, 0.5) is 18.9 Å². The van der Waals surface area contributed by atoms with Crippen LogP contribution in [-0.2, 0) is 10.0 Å². The van der Waals surface area contributed by atoms with Crippen LogP contribution in [0.5, 0.6) is 0 Å². The Kier molecular flexibility index (Phi) is 4.00. The molecule has 1 aromatic rings. The second-order valence-corrected chi connectivity index (χ2v) is 5.27. The summed E-state index contributed by atoms with van der Waals surface area (Å²) in [6, 6.07) is 6.23. The molecule has 0 aliphatic rings. The molecule has 0 aliphatic heterocycles. The van der Waals surface area contributed by atoms with Crippen molar-refractivity contribution in [2.75, 3.05) is 19.0 Å². The van der Waals surface area contributed by atoms with Gasteiger partial charge in [0.05, 0.1) is 0 Å². The van der Waals surface area contributed by atoms with E-state index < -0.39 is 15.5 Å². The predicted molar refractivity (Wildman–Crippen MR) is 63.3 cm³/mol. The van der Waals surface area contributed by atoms with Crippen molar-refractivity contribution < 1.29 is 21.6 Å². The maximum absolute atomic E-state index is 12.0. The van der Waals surface area contributed by atoms with Crippen molar-refractivity contribution in [3.05, 3.63) is 29.8 Å². The van der Waals surface area contributed by atoms with E-state index in [0.717, 1.165) is 5.69 Å². The average Bonchev–Trinajstić information content (AvgIpc) is 2.25. The summed E-state index contributed by atoms with van der Waals surface area (Å²) >= 11 is 0. The first-order valence-electron chi connectivity index (χ1n) is 4.77. The first-order valence-corrected chi connectivity index (χ1v) is 6.21. The minimum Gasteiger partial charge on any atom is -0.378 e. The summed E-state index contributed by atoms with van der Waals surface area (Å²) in [5, 5.41) is 0. The monoisotopic (exact) mass is 280 g/mol. The molecule has 1 rings (SSSR count). The lowest BCUT2D eigenvalue weighted by Crippen LogP contribution is -2.20. The summed E-state index contributed by atoms with van der Waals surface area (Å²) < 4.78 is 59.9. The van der Waals surface area contributed by atoms with Crippen LogP contribution >= 0.6 is 0 Å². The summed E-state index contributed by atoms with van der Waals surface area (Å²) in [5.41, 5.74) is -4.26. The van der Waals surface area contributed by atoms with Crippen molar-refractivity contribution in [3.63, 3.8) is 0 Å². The molecule has 0 radical (unpaired) electrons. The Morgan fingerprint density at radius 3 is 2.06 bits per heavy atom. The van der Waals surface area contributed by atoms with Gasteiger partial charge in [-0.3, -0.25) is 0 Å². The lowest BCUT2D eigenvalue weighted by Gasteiger charge is -2.11. The molecule has 18 heavy (non-hydrogen) atoms. The fourth-order valence-corrected chi connectivity index (χ4v) is 1.43. The zero-order valence-electron chi connectivity index (χ0n) is 9.64. The maximum atomic E-state index is 12.0. The lowest BCUT2D eigenvalue weighted by molar-refractivity contribution is -0.0435. The van der Waals surface area contributed by atoms with Gasteiger partial charge in [-0.15, -0.1) is 0 Å². The zero-order chi connectivity index (χ0) is 14.0. The van der Waals surface area contributed by atoms with Crippen LogP contribution < -0.4 is 4.90 Å². The van der Waals surface area contributed by atoms with Crippen molar-refractivity contribution in [2.45, 2.75) is 5.51 Å². The summed E-state index contributed by atoms with van der Waals surface area (Å²) in [6.45, 7) is 0. The molecular formula is C10H11F3N2O2S. The number of benzene rings is 1. The Bertz CT molecular complexity index is 533. The molecule has 0 aliphatic carbocycles. The SMILES string of the molecule is CN(C)c1ccc(/C=N\S(=O)(=O)C(F)(F)F)cc1. The van der Waals surface area contributed by atoms with Crippen molar-refractivity contribution in [3.8, 4) is 0 Å². The molecule has 0 N–H and O–H groups in total. The first kappa shape index (κ1) is 14.5. The molecule has 0 aromatic heterocycles. The largest absolute Gasteiger partial charge is 0.518 e. The van der Waals surface area contributed by atoms with E-state index in [1.54, 1.807) is 31.1 Å². The molecule has 0 heterocycles. The molecule has 0 bridgehead atoms. The highest BCUT2D eigenvalue weighted by Gasteiger charge is 2.45. The van der Waals surface area contributed by atoms with Gasteiger partial charge in [0.15, 0.2) is 0 Å². The van der Waals surface area contributed by atoms with Gasteiger partial charge in [-0.2, -0.15) is 26.0 Å². The van der Waals surface area contributed by atoms with E-state index in [0.29, 0.717) is 6.21 Å². The van der Waals surface area contributed by atoms with Crippen molar-refractivity contribution in [2.24, 2.45) is 4.40 Å². The van der Waals surface area contributed by atoms with E-state index >= 15 is 0 Å². The van der Waals surface area contributed by atoms with Crippen LogP contribution in [-0.4, -0.2) is 34.2 Å². The molecular weight excluding hydrogens is 269 g/mol. The average molecular weight is 280 g/mol. The quantitative estimate of drug-likeness (QED) is 0.796. The maximum Gasteiger partial charge on any atom is 0.518 e. The molecule has 0 fully saturated rings.